The van der Waals surface area contributed by atoms with Crippen molar-refractivity contribution in [1.29, 1.82) is 0 Å². The number of carboxylic acid groups (broad SMARTS) is 1. The van der Waals surface area contributed by atoms with E-state index in [2.05, 4.69) is 5.32 Å². The Morgan fingerprint density at radius 3 is 2.71 bits per heavy atom. The molecule has 1 rings (SSSR count). The number of aliphatic carboxylic acids is 1. The first-order valence-electron chi connectivity index (χ1n) is 6.04. The second-order valence-corrected chi connectivity index (χ2v) is 5.09. The van der Waals surface area contributed by atoms with Crippen molar-refractivity contribution < 1.29 is 24.2 Å². The molecule has 1 heterocycles. The molecule has 9 heteroatoms. The van der Waals surface area contributed by atoms with Crippen molar-refractivity contribution in [2.45, 2.75) is 0 Å². The Labute approximate surface area is 125 Å². The van der Waals surface area contributed by atoms with E-state index in [1.807, 2.05) is 0 Å². The smallest absolute Gasteiger partial charge is 0.317 e. The van der Waals surface area contributed by atoms with Gasteiger partial charge in [0.2, 0.25) is 5.91 Å². The van der Waals surface area contributed by atoms with Gasteiger partial charge in [0, 0.05) is 13.7 Å². The molecule has 116 valence electrons. The van der Waals surface area contributed by atoms with Gasteiger partial charge in [-0.3, -0.25) is 19.3 Å². The zero-order valence-corrected chi connectivity index (χ0v) is 12.3. The summed E-state index contributed by atoms with van der Waals surface area (Å²) in [6.45, 7) is 0.227. The van der Waals surface area contributed by atoms with Crippen molar-refractivity contribution in [2.24, 2.45) is 5.73 Å². The summed E-state index contributed by atoms with van der Waals surface area (Å²) >= 11 is 1.17. The average molecular weight is 315 g/mol. The highest BCUT2D eigenvalue weighted by Crippen LogP contribution is 2.22. The van der Waals surface area contributed by atoms with Gasteiger partial charge >= 0.3 is 5.97 Å². The Kier molecular flexibility index (Phi) is 6.79. The fourth-order valence-electron chi connectivity index (χ4n) is 1.60. The fourth-order valence-corrected chi connectivity index (χ4v) is 2.40. The highest BCUT2D eigenvalue weighted by Gasteiger charge is 2.16. The first-order valence-corrected chi connectivity index (χ1v) is 6.92. The van der Waals surface area contributed by atoms with E-state index in [0.717, 1.165) is 0 Å². The number of thiophene rings is 1. The second kappa shape index (κ2) is 8.35. The van der Waals surface area contributed by atoms with Crippen molar-refractivity contribution in [3.05, 3.63) is 17.0 Å². The zero-order valence-electron chi connectivity index (χ0n) is 11.5. The Hall–Kier alpha value is -1.97. The van der Waals surface area contributed by atoms with Crippen LogP contribution in [0, 0.1) is 0 Å². The average Bonchev–Trinajstić information content (AvgIpc) is 2.83. The van der Waals surface area contributed by atoms with Crippen LogP contribution in [0.5, 0.6) is 0 Å². The van der Waals surface area contributed by atoms with E-state index in [4.69, 9.17) is 15.6 Å². The molecule has 0 spiro atoms. The molecule has 0 atom stereocenters. The van der Waals surface area contributed by atoms with E-state index in [9.17, 15) is 14.4 Å². The number of primary amides is 1. The summed E-state index contributed by atoms with van der Waals surface area (Å²) in [5, 5.41) is 13.3. The number of hydrogen-bond donors (Lipinski definition) is 3. The largest absolute Gasteiger partial charge is 0.480 e. The van der Waals surface area contributed by atoms with Crippen molar-refractivity contribution in [3.63, 3.8) is 0 Å². The molecule has 1 aromatic heterocycles. The van der Waals surface area contributed by atoms with Crippen LogP contribution in [0.15, 0.2) is 11.4 Å². The van der Waals surface area contributed by atoms with Crippen LogP contribution in [0.1, 0.15) is 10.4 Å². The fraction of sp³-hybridized carbons (Fsp3) is 0.417. The summed E-state index contributed by atoms with van der Waals surface area (Å²) in [7, 11) is 1.49. The number of carboxylic acids is 1. The number of carbonyl (C=O) groups excluding carboxylic acids is 2. The summed E-state index contributed by atoms with van der Waals surface area (Å²) in [5.74, 6) is -2.08. The molecule has 8 nitrogen and oxygen atoms in total. The Morgan fingerprint density at radius 2 is 2.14 bits per heavy atom. The van der Waals surface area contributed by atoms with Crippen LogP contribution in [-0.4, -0.2) is 61.1 Å². The molecule has 0 bridgehead atoms. The second-order valence-electron chi connectivity index (χ2n) is 4.17. The van der Waals surface area contributed by atoms with Crippen LogP contribution in [-0.2, 0) is 14.3 Å². The van der Waals surface area contributed by atoms with Gasteiger partial charge in [-0.15, -0.1) is 11.3 Å². The number of methoxy groups -OCH3 is 1. The molecule has 1 aromatic rings. The molecule has 0 unspecified atom stereocenters. The van der Waals surface area contributed by atoms with E-state index < -0.39 is 17.8 Å². The van der Waals surface area contributed by atoms with E-state index >= 15 is 0 Å². The molecule has 21 heavy (non-hydrogen) atoms. The summed E-state index contributed by atoms with van der Waals surface area (Å²) in [4.78, 5) is 35.2. The van der Waals surface area contributed by atoms with Gasteiger partial charge in [-0.05, 0) is 11.4 Å². The summed E-state index contributed by atoms with van der Waals surface area (Å²) < 4.78 is 4.87. The van der Waals surface area contributed by atoms with Crippen LogP contribution in [0.3, 0.4) is 0 Å². The molecule has 4 N–H and O–H groups in total. The van der Waals surface area contributed by atoms with Crippen molar-refractivity contribution in [3.8, 4) is 0 Å². The third kappa shape index (κ3) is 5.90. The normalized spacial score (nSPS) is 10.6. The minimum absolute atomic E-state index is 0.119. The van der Waals surface area contributed by atoms with E-state index in [1.165, 1.54) is 29.4 Å². The number of amides is 2. The van der Waals surface area contributed by atoms with Crippen LogP contribution in [0.2, 0.25) is 0 Å². The topological polar surface area (TPSA) is 122 Å². The van der Waals surface area contributed by atoms with Crippen molar-refractivity contribution in [2.75, 3.05) is 38.7 Å². The predicted molar refractivity (Wildman–Crippen MR) is 77.4 cm³/mol. The highest BCUT2D eigenvalue weighted by atomic mass is 32.1. The third-order valence-corrected chi connectivity index (χ3v) is 3.35. The number of rotatable bonds is 9. The lowest BCUT2D eigenvalue weighted by molar-refractivity contribution is -0.138. The maximum absolute atomic E-state index is 11.9. The molecule has 0 aromatic carbocycles. The van der Waals surface area contributed by atoms with Gasteiger partial charge in [0.25, 0.3) is 5.91 Å². The van der Waals surface area contributed by atoms with Gasteiger partial charge in [0.15, 0.2) is 0 Å². The third-order valence-electron chi connectivity index (χ3n) is 2.52. The van der Waals surface area contributed by atoms with Crippen molar-refractivity contribution >= 4 is 34.1 Å². The van der Waals surface area contributed by atoms with Crippen LogP contribution in [0.4, 0.5) is 5.00 Å². The molecule has 0 saturated heterocycles. The minimum atomic E-state index is -1.03. The monoisotopic (exact) mass is 315 g/mol. The summed E-state index contributed by atoms with van der Waals surface area (Å²) in [5.41, 5.74) is 5.41. The summed E-state index contributed by atoms with van der Waals surface area (Å²) in [6.07, 6.45) is 0. The Morgan fingerprint density at radius 1 is 1.43 bits per heavy atom. The van der Waals surface area contributed by atoms with Gasteiger partial charge < -0.3 is 20.9 Å². The number of nitrogens with one attached hydrogen (secondary N) is 1. The van der Waals surface area contributed by atoms with E-state index in [0.29, 0.717) is 18.2 Å². The van der Waals surface area contributed by atoms with Gasteiger partial charge in [-0.2, -0.15) is 0 Å². The molecule has 0 aliphatic rings. The van der Waals surface area contributed by atoms with Crippen molar-refractivity contribution in [1.82, 2.24) is 4.90 Å². The lowest BCUT2D eigenvalue weighted by Crippen LogP contribution is -2.38. The number of carbonyl (C=O) groups is 3. The Balaban J connectivity index is 2.62. The molecule has 0 saturated carbocycles. The molecule has 2 amide bonds. The number of ether oxygens (including phenoxy) is 1. The van der Waals surface area contributed by atoms with Crippen LogP contribution >= 0.6 is 11.3 Å². The van der Waals surface area contributed by atoms with Gasteiger partial charge in [0.05, 0.1) is 25.3 Å². The Bertz CT molecular complexity index is 517. The number of nitrogens with two attached hydrogens (primary N) is 1. The molecule has 0 fully saturated rings. The molecule has 0 radical (unpaired) electrons. The van der Waals surface area contributed by atoms with E-state index in [1.54, 1.807) is 5.38 Å². The maximum atomic E-state index is 11.9. The number of nitrogens with zero attached hydrogens (tertiary/aromatic N) is 1. The first kappa shape index (κ1) is 17.1. The van der Waals surface area contributed by atoms with Crippen LogP contribution < -0.4 is 11.1 Å². The molecule has 0 aliphatic carbocycles. The standard InChI is InChI=1S/C12H17N3O5S/c1-20-4-3-15(7-10(17)18)6-9(16)14-12-8(11(13)19)2-5-21-12/h2,5H,3-4,6-7H2,1H3,(H2,13,19)(H,14,16)(H,17,18). The van der Waals surface area contributed by atoms with Gasteiger partial charge in [0.1, 0.15) is 5.00 Å². The lowest BCUT2D eigenvalue weighted by atomic mass is 10.3. The zero-order chi connectivity index (χ0) is 15.8. The SMILES string of the molecule is COCCN(CC(=O)O)CC(=O)Nc1sccc1C(N)=O. The quantitative estimate of drug-likeness (QED) is 0.581. The first-order chi connectivity index (χ1) is 9.93. The predicted octanol–water partition coefficient (Wildman–Crippen LogP) is -0.181. The van der Waals surface area contributed by atoms with Gasteiger partial charge in [-0.1, -0.05) is 0 Å². The molecular formula is C12H17N3O5S. The number of hydrogen-bond acceptors (Lipinski definition) is 6. The van der Waals surface area contributed by atoms with E-state index in [-0.39, 0.29) is 18.7 Å². The number of anilines is 1. The van der Waals surface area contributed by atoms with Gasteiger partial charge in [-0.25, -0.2) is 0 Å². The molecule has 0 aliphatic heterocycles. The highest BCUT2D eigenvalue weighted by molar-refractivity contribution is 7.14. The lowest BCUT2D eigenvalue weighted by Gasteiger charge is -2.19. The maximum Gasteiger partial charge on any atom is 0.317 e. The summed E-state index contributed by atoms with van der Waals surface area (Å²) in [6, 6.07) is 1.52. The minimum Gasteiger partial charge on any atom is -0.480 e. The van der Waals surface area contributed by atoms with Crippen LogP contribution in [0.25, 0.3) is 0 Å². The molecular weight excluding hydrogens is 298 g/mol.